The summed E-state index contributed by atoms with van der Waals surface area (Å²) in [6.07, 6.45) is -2.79. The second-order valence-electron chi connectivity index (χ2n) is 3.12. The highest BCUT2D eigenvalue weighted by Gasteiger charge is 2.29. The van der Waals surface area contributed by atoms with Gasteiger partial charge in [-0.05, 0) is 34.7 Å². The van der Waals surface area contributed by atoms with Crippen LogP contribution >= 0.6 is 22.6 Å². The van der Waals surface area contributed by atoms with Crippen molar-refractivity contribution in [2.24, 2.45) is 0 Å². The number of fused-ring (bicyclic) bond motifs is 1. The normalized spacial score (nSPS) is 12.3. The molecule has 0 aliphatic carbocycles. The van der Waals surface area contributed by atoms with Crippen LogP contribution in [0.4, 0.5) is 13.2 Å². The summed E-state index contributed by atoms with van der Waals surface area (Å²) in [4.78, 5) is 0. The van der Waals surface area contributed by atoms with Crippen LogP contribution in [0.5, 0.6) is 0 Å². The maximum absolute atomic E-state index is 12.2. The Morgan fingerprint density at radius 3 is 2.73 bits per heavy atom. The predicted molar refractivity (Wildman–Crippen MR) is 58.5 cm³/mol. The molecule has 0 fully saturated rings. The van der Waals surface area contributed by atoms with Crippen molar-refractivity contribution in [1.29, 1.82) is 0 Å². The molecule has 0 N–H and O–H groups in total. The maximum Gasteiger partial charge on any atom is 0.408 e. The molecule has 0 aliphatic heterocycles. The molecular formula is C9H6F3IN2. The van der Waals surface area contributed by atoms with E-state index >= 15 is 0 Å². The van der Waals surface area contributed by atoms with E-state index in [2.05, 4.69) is 27.7 Å². The van der Waals surface area contributed by atoms with E-state index in [1.54, 1.807) is 12.1 Å². The van der Waals surface area contributed by atoms with E-state index in [1.165, 1.54) is 6.20 Å². The summed E-state index contributed by atoms with van der Waals surface area (Å²) < 4.78 is 38.4. The third-order valence-electron chi connectivity index (χ3n) is 1.94. The van der Waals surface area contributed by atoms with Gasteiger partial charge in [-0.25, -0.2) is 0 Å². The van der Waals surface area contributed by atoms with Crippen LogP contribution in [0.2, 0.25) is 0 Å². The Balaban J connectivity index is 2.48. The number of benzene rings is 1. The number of halogens is 4. The van der Waals surface area contributed by atoms with Gasteiger partial charge in [-0.1, -0.05) is 6.07 Å². The summed E-state index contributed by atoms with van der Waals surface area (Å²) in [5.74, 6) is 0. The van der Waals surface area contributed by atoms with Crippen molar-refractivity contribution in [3.8, 4) is 0 Å². The molecule has 0 spiro atoms. The smallest absolute Gasteiger partial charge is 0.256 e. The molecule has 2 aromatic rings. The van der Waals surface area contributed by atoms with Crippen molar-refractivity contribution in [2.45, 2.75) is 12.7 Å². The molecule has 1 aromatic carbocycles. The molecule has 2 nitrogen and oxygen atoms in total. The minimum Gasteiger partial charge on any atom is -0.256 e. The van der Waals surface area contributed by atoms with Crippen molar-refractivity contribution < 1.29 is 13.2 Å². The lowest BCUT2D eigenvalue weighted by Crippen LogP contribution is -2.18. The van der Waals surface area contributed by atoms with E-state index in [4.69, 9.17) is 0 Å². The second-order valence-corrected chi connectivity index (χ2v) is 4.37. The first-order valence-electron chi connectivity index (χ1n) is 4.13. The average molecular weight is 326 g/mol. The number of aromatic nitrogens is 2. The van der Waals surface area contributed by atoms with E-state index in [-0.39, 0.29) is 0 Å². The van der Waals surface area contributed by atoms with E-state index < -0.39 is 12.7 Å². The molecule has 0 saturated heterocycles. The number of alkyl halides is 3. The lowest BCUT2D eigenvalue weighted by Gasteiger charge is -2.07. The van der Waals surface area contributed by atoms with Gasteiger partial charge in [-0.3, -0.25) is 4.68 Å². The number of nitrogens with zero attached hydrogens (tertiary/aromatic N) is 2. The Morgan fingerprint density at radius 1 is 1.33 bits per heavy atom. The van der Waals surface area contributed by atoms with E-state index in [1.807, 2.05) is 6.07 Å². The molecule has 6 heteroatoms. The monoisotopic (exact) mass is 326 g/mol. The summed E-state index contributed by atoms with van der Waals surface area (Å²) in [6.45, 7) is -1.05. The number of hydrogen-bond donors (Lipinski definition) is 0. The fourth-order valence-corrected chi connectivity index (χ4v) is 1.81. The van der Waals surface area contributed by atoms with Crippen molar-refractivity contribution in [3.63, 3.8) is 0 Å². The summed E-state index contributed by atoms with van der Waals surface area (Å²) in [7, 11) is 0. The van der Waals surface area contributed by atoms with Crippen molar-refractivity contribution in [2.75, 3.05) is 0 Å². The zero-order valence-electron chi connectivity index (χ0n) is 7.42. The van der Waals surface area contributed by atoms with Crippen LogP contribution in [-0.4, -0.2) is 16.0 Å². The van der Waals surface area contributed by atoms with Crippen LogP contribution in [0.15, 0.2) is 24.4 Å². The predicted octanol–water partition coefficient (Wildman–Crippen LogP) is 3.20. The van der Waals surface area contributed by atoms with Gasteiger partial charge >= 0.3 is 6.18 Å². The fraction of sp³-hybridized carbons (Fsp3) is 0.222. The standard InChI is InChI=1S/C9H6F3IN2/c10-9(11,12)5-15-8-3-7(13)2-1-6(8)4-14-15/h1-4H,5H2. The quantitative estimate of drug-likeness (QED) is 0.736. The van der Waals surface area contributed by atoms with Crippen molar-refractivity contribution in [1.82, 2.24) is 9.78 Å². The van der Waals surface area contributed by atoms with E-state index in [0.717, 1.165) is 13.6 Å². The van der Waals surface area contributed by atoms with Crippen LogP contribution in [0, 0.1) is 3.57 Å². The molecule has 15 heavy (non-hydrogen) atoms. The first-order chi connectivity index (χ1) is 6.96. The van der Waals surface area contributed by atoms with Gasteiger partial charge in [0.25, 0.3) is 0 Å². The third kappa shape index (κ3) is 2.42. The van der Waals surface area contributed by atoms with E-state index in [9.17, 15) is 13.2 Å². The summed E-state index contributed by atoms with van der Waals surface area (Å²) in [5.41, 5.74) is 0.513. The number of hydrogen-bond acceptors (Lipinski definition) is 1. The Bertz CT molecular complexity index is 490. The molecule has 0 bridgehead atoms. The maximum atomic E-state index is 12.2. The largest absolute Gasteiger partial charge is 0.408 e. The molecule has 2 rings (SSSR count). The molecule has 0 radical (unpaired) electrons. The second kappa shape index (κ2) is 3.66. The van der Waals surface area contributed by atoms with Crippen molar-refractivity contribution in [3.05, 3.63) is 28.0 Å². The lowest BCUT2D eigenvalue weighted by molar-refractivity contribution is -0.141. The molecular weight excluding hydrogens is 320 g/mol. The van der Waals surface area contributed by atoms with Gasteiger partial charge < -0.3 is 0 Å². The number of rotatable bonds is 1. The molecule has 0 unspecified atom stereocenters. The minimum absolute atomic E-state index is 0.513. The van der Waals surface area contributed by atoms with Gasteiger partial charge in [0.15, 0.2) is 0 Å². The molecule has 0 atom stereocenters. The van der Waals surface area contributed by atoms with Gasteiger partial charge in [0.2, 0.25) is 0 Å². The van der Waals surface area contributed by atoms with Gasteiger partial charge in [0.1, 0.15) is 6.54 Å². The Labute approximate surface area is 97.2 Å². The molecule has 1 heterocycles. The highest BCUT2D eigenvalue weighted by Crippen LogP contribution is 2.22. The van der Waals surface area contributed by atoms with Crippen LogP contribution in [0.25, 0.3) is 10.9 Å². The Kier molecular flexibility index (Phi) is 2.61. The lowest BCUT2D eigenvalue weighted by atomic mass is 10.2. The zero-order valence-corrected chi connectivity index (χ0v) is 9.58. The molecule has 0 amide bonds. The van der Waals surface area contributed by atoms with Crippen molar-refractivity contribution >= 4 is 33.5 Å². The molecule has 1 aromatic heterocycles. The van der Waals surface area contributed by atoms with Gasteiger partial charge in [0, 0.05) is 8.96 Å². The fourth-order valence-electron chi connectivity index (χ4n) is 1.34. The van der Waals surface area contributed by atoms with Crippen LogP contribution in [0.3, 0.4) is 0 Å². The third-order valence-corrected chi connectivity index (χ3v) is 2.61. The average Bonchev–Trinajstić information content (AvgIpc) is 2.46. The van der Waals surface area contributed by atoms with Gasteiger partial charge in [-0.2, -0.15) is 18.3 Å². The van der Waals surface area contributed by atoms with Crippen LogP contribution in [-0.2, 0) is 6.54 Å². The Morgan fingerprint density at radius 2 is 2.07 bits per heavy atom. The van der Waals surface area contributed by atoms with Gasteiger partial charge in [0.05, 0.1) is 11.7 Å². The summed E-state index contributed by atoms with van der Waals surface area (Å²) >= 11 is 2.06. The van der Waals surface area contributed by atoms with E-state index in [0.29, 0.717) is 5.52 Å². The highest BCUT2D eigenvalue weighted by molar-refractivity contribution is 14.1. The summed E-state index contributed by atoms with van der Waals surface area (Å²) in [6, 6.07) is 5.29. The summed E-state index contributed by atoms with van der Waals surface area (Å²) in [5, 5.41) is 4.44. The first-order valence-corrected chi connectivity index (χ1v) is 5.21. The van der Waals surface area contributed by atoms with Crippen LogP contribution in [0.1, 0.15) is 0 Å². The topological polar surface area (TPSA) is 17.8 Å². The minimum atomic E-state index is -4.24. The zero-order chi connectivity index (χ0) is 11.1. The molecule has 0 aliphatic rings. The highest BCUT2D eigenvalue weighted by atomic mass is 127. The van der Waals surface area contributed by atoms with Crippen LogP contribution < -0.4 is 0 Å². The first kappa shape index (κ1) is 10.7. The van der Waals surface area contributed by atoms with Gasteiger partial charge in [-0.15, -0.1) is 0 Å². The molecule has 0 saturated carbocycles. The SMILES string of the molecule is FC(F)(F)Cn1ncc2ccc(I)cc21. The Hall–Kier alpha value is -0.790. The molecule has 80 valence electrons.